The third-order valence-electron chi connectivity index (χ3n) is 4.09. The number of methoxy groups -OCH3 is 2. The summed E-state index contributed by atoms with van der Waals surface area (Å²) in [5.41, 5.74) is 4.83. The van der Waals surface area contributed by atoms with Crippen LogP contribution in [-0.2, 0) is 0 Å². The van der Waals surface area contributed by atoms with Gasteiger partial charge in [-0.15, -0.1) is 0 Å². The standard InChI is InChI=1S/C21H22N4O4/c1-4-29-20-8-6-5-7-16(20)17-12-18(24-23-17)21(26)25-22-13-14-11-15(27-2)9-10-19(14)28-3/h5-13H,4H2,1-3H3,(H,23,24)(H,25,26). The van der Waals surface area contributed by atoms with Gasteiger partial charge in [0.25, 0.3) is 5.91 Å². The van der Waals surface area contributed by atoms with Gasteiger partial charge in [-0.05, 0) is 43.3 Å². The lowest BCUT2D eigenvalue weighted by atomic mass is 10.1. The summed E-state index contributed by atoms with van der Waals surface area (Å²) in [6.45, 7) is 2.45. The molecule has 0 spiro atoms. The topological polar surface area (TPSA) is 97.8 Å². The van der Waals surface area contributed by atoms with E-state index in [4.69, 9.17) is 14.2 Å². The Kier molecular flexibility index (Phi) is 6.47. The van der Waals surface area contributed by atoms with E-state index >= 15 is 0 Å². The molecule has 150 valence electrons. The molecule has 0 fully saturated rings. The number of nitrogens with one attached hydrogen (secondary N) is 2. The lowest BCUT2D eigenvalue weighted by Gasteiger charge is -2.07. The minimum Gasteiger partial charge on any atom is -0.497 e. The number of ether oxygens (including phenoxy) is 3. The largest absolute Gasteiger partial charge is 0.497 e. The van der Waals surface area contributed by atoms with Crippen LogP contribution in [0.1, 0.15) is 23.0 Å². The third kappa shape index (κ3) is 4.73. The smallest absolute Gasteiger partial charge is 0.289 e. The van der Waals surface area contributed by atoms with Crippen LogP contribution in [0.15, 0.2) is 53.6 Å². The Balaban J connectivity index is 1.73. The molecule has 1 amide bonds. The zero-order chi connectivity index (χ0) is 20.6. The molecule has 8 heteroatoms. The van der Waals surface area contributed by atoms with Crippen molar-refractivity contribution in [3.63, 3.8) is 0 Å². The van der Waals surface area contributed by atoms with Crippen LogP contribution in [0, 0.1) is 0 Å². The molecule has 0 aliphatic carbocycles. The number of carbonyl (C=O) groups is 1. The summed E-state index contributed by atoms with van der Waals surface area (Å²) in [5.74, 6) is 1.55. The molecule has 8 nitrogen and oxygen atoms in total. The maximum absolute atomic E-state index is 12.4. The molecule has 0 radical (unpaired) electrons. The number of hydrazone groups is 1. The Bertz CT molecular complexity index is 1010. The van der Waals surface area contributed by atoms with Gasteiger partial charge in [-0.25, -0.2) is 5.43 Å². The van der Waals surface area contributed by atoms with Gasteiger partial charge in [0.2, 0.25) is 0 Å². The van der Waals surface area contributed by atoms with Crippen LogP contribution in [0.25, 0.3) is 11.3 Å². The average Bonchev–Trinajstić information content (AvgIpc) is 3.24. The molecule has 0 saturated carbocycles. The maximum atomic E-state index is 12.4. The second-order valence-corrected chi connectivity index (χ2v) is 5.90. The van der Waals surface area contributed by atoms with Crippen molar-refractivity contribution in [1.29, 1.82) is 0 Å². The van der Waals surface area contributed by atoms with E-state index in [0.717, 1.165) is 5.56 Å². The van der Waals surface area contributed by atoms with Crippen LogP contribution in [0.3, 0.4) is 0 Å². The summed E-state index contributed by atoms with van der Waals surface area (Å²) in [5, 5.41) is 10.9. The second-order valence-electron chi connectivity index (χ2n) is 5.90. The van der Waals surface area contributed by atoms with E-state index < -0.39 is 5.91 Å². The van der Waals surface area contributed by atoms with Gasteiger partial charge in [0.1, 0.15) is 22.9 Å². The zero-order valence-corrected chi connectivity index (χ0v) is 16.4. The quantitative estimate of drug-likeness (QED) is 0.451. The summed E-state index contributed by atoms with van der Waals surface area (Å²) in [6.07, 6.45) is 1.49. The molecule has 0 unspecified atom stereocenters. The van der Waals surface area contributed by atoms with E-state index in [1.807, 2.05) is 31.2 Å². The Morgan fingerprint density at radius 3 is 2.72 bits per heavy atom. The van der Waals surface area contributed by atoms with E-state index in [0.29, 0.717) is 35.1 Å². The van der Waals surface area contributed by atoms with Gasteiger partial charge >= 0.3 is 0 Å². The molecule has 0 aliphatic rings. The van der Waals surface area contributed by atoms with Crippen molar-refractivity contribution in [3.8, 4) is 28.5 Å². The first-order valence-corrected chi connectivity index (χ1v) is 8.99. The van der Waals surface area contributed by atoms with Gasteiger partial charge in [-0.3, -0.25) is 9.89 Å². The van der Waals surface area contributed by atoms with Gasteiger partial charge in [-0.2, -0.15) is 10.2 Å². The van der Waals surface area contributed by atoms with Crippen molar-refractivity contribution in [2.75, 3.05) is 20.8 Å². The molecule has 2 N–H and O–H groups in total. The first-order valence-electron chi connectivity index (χ1n) is 8.99. The fraction of sp³-hybridized carbons (Fsp3) is 0.190. The highest BCUT2D eigenvalue weighted by Gasteiger charge is 2.13. The minimum absolute atomic E-state index is 0.279. The van der Waals surface area contributed by atoms with Crippen molar-refractivity contribution >= 4 is 12.1 Å². The normalized spacial score (nSPS) is 10.7. The summed E-state index contributed by atoms with van der Waals surface area (Å²) < 4.78 is 16.1. The predicted octanol–water partition coefficient (Wildman–Crippen LogP) is 3.26. The van der Waals surface area contributed by atoms with E-state index in [1.165, 1.54) is 6.21 Å². The average molecular weight is 394 g/mol. The molecule has 0 saturated heterocycles. The first kappa shape index (κ1) is 19.9. The summed E-state index contributed by atoms with van der Waals surface area (Å²) >= 11 is 0. The van der Waals surface area contributed by atoms with Crippen LogP contribution in [-0.4, -0.2) is 43.1 Å². The van der Waals surface area contributed by atoms with Crippen molar-refractivity contribution in [1.82, 2.24) is 15.6 Å². The molecule has 3 rings (SSSR count). The number of aromatic amines is 1. The van der Waals surface area contributed by atoms with E-state index in [2.05, 4.69) is 20.7 Å². The van der Waals surface area contributed by atoms with Crippen LogP contribution >= 0.6 is 0 Å². The Morgan fingerprint density at radius 2 is 1.97 bits per heavy atom. The van der Waals surface area contributed by atoms with Gasteiger partial charge in [0.15, 0.2) is 0 Å². The van der Waals surface area contributed by atoms with E-state index in [-0.39, 0.29) is 5.69 Å². The van der Waals surface area contributed by atoms with Gasteiger partial charge in [0, 0.05) is 11.1 Å². The van der Waals surface area contributed by atoms with Crippen LogP contribution < -0.4 is 19.6 Å². The highest BCUT2D eigenvalue weighted by Crippen LogP contribution is 2.28. The van der Waals surface area contributed by atoms with E-state index in [1.54, 1.807) is 38.5 Å². The molecule has 3 aromatic rings. The summed E-state index contributed by atoms with van der Waals surface area (Å²) in [7, 11) is 3.13. The highest BCUT2D eigenvalue weighted by atomic mass is 16.5. The third-order valence-corrected chi connectivity index (χ3v) is 4.09. The fourth-order valence-electron chi connectivity index (χ4n) is 2.70. The van der Waals surface area contributed by atoms with Crippen molar-refractivity contribution in [2.24, 2.45) is 5.10 Å². The molecule has 0 atom stereocenters. The Morgan fingerprint density at radius 1 is 1.14 bits per heavy atom. The number of benzene rings is 2. The van der Waals surface area contributed by atoms with Crippen molar-refractivity contribution in [2.45, 2.75) is 6.92 Å². The number of rotatable bonds is 8. The lowest BCUT2D eigenvalue weighted by molar-refractivity contribution is 0.0950. The zero-order valence-electron chi connectivity index (χ0n) is 16.4. The minimum atomic E-state index is -0.421. The van der Waals surface area contributed by atoms with Crippen LogP contribution in [0.4, 0.5) is 0 Å². The Labute approximate surface area is 168 Å². The van der Waals surface area contributed by atoms with Gasteiger partial charge in [-0.1, -0.05) is 12.1 Å². The molecule has 2 aromatic carbocycles. The Hall–Kier alpha value is -3.81. The number of aromatic nitrogens is 2. The number of amides is 1. The molecule has 0 bridgehead atoms. The summed E-state index contributed by atoms with van der Waals surface area (Å²) in [4.78, 5) is 12.4. The van der Waals surface area contributed by atoms with Crippen molar-refractivity contribution < 1.29 is 19.0 Å². The number of nitrogens with zero attached hydrogens (tertiary/aromatic N) is 2. The number of hydrogen-bond acceptors (Lipinski definition) is 6. The predicted molar refractivity (Wildman–Crippen MR) is 110 cm³/mol. The molecule has 0 aliphatic heterocycles. The number of H-pyrrole nitrogens is 1. The number of carbonyl (C=O) groups excluding carboxylic acids is 1. The number of hydrogen-bond donors (Lipinski definition) is 2. The summed E-state index contributed by atoms with van der Waals surface area (Å²) in [6, 6.07) is 14.5. The van der Waals surface area contributed by atoms with Crippen LogP contribution in [0.5, 0.6) is 17.2 Å². The molecule has 1 aromatic heterocycles. The SMILES string of the molecule is CCOc1ccccc1-c1cc(C(=O)NN=Cc2cc(OC)ccc2OC)[nH]n1. The van der Waals surface area contributed by atoms with Gasteiger partial charge in [0.05, 0.1) is 32.7 Å². The first-order chi connectivity index (χ1) is 14.2. The van der Waals surface area contributed by atoms with Crippen molar-refractivity contribution in [3.05, 3.63) is 59.8 Å². The second kappa shape index (κ2) is 9.41. The number of para-hydroxylation sites is 1. The molecule has 29 heavy (non-hydrogen) atoms. The molecule has 1 heterocycles. The lowest BCUT2D eigenvalue weighted by Crippen LogP contribution is -2.18. The highest BCUT2D eigenvalue weighted by molar-refractivity contribution is 5.94. The molecular formula is C21H22N4O4. The molecular weight excluding hydrogens is 372 g/mol. The monoisotopic (exact) mass is 394 g/mol. The van der Waals surface area contributed by atoms with E-state index in [9.17, 15) is 4.79 Å². The van der Waals surface area contributed by atoms with Gasteiger partial charge < -0.3 is 14.2 Å². The maximum Gasteiger partial charge on any atom is 0.289 e. The van der Waals surface area contributed by atoms with Crippen LogP contribution in [0.2, 0.25) is 0 Å². The fourth-order valence-corrected chi connectivity index (χ4v) is 2.70.